The number of halogens is 7. The van der Waals surface area contributed by atoms with E-state index in [-0.39, 0.29) is 6.07 Å². The molecule has 2 aromatic carbocycles. The van der Waals surface area contributed by atoms with E-state index in [0.29, 0.717) is 18.2 Å². The first-order chi connectivity index (χ1) is 14.0. The minimum atomic E-state index is -5.05. The van der Waals surface area contributed by atoms with Crippen molar-refractivity contribution in [2.75, 3.05) is 6.54 Å². The second-order valence-corrected chi connectivity index (χ2v) is 9.75. The van der Waals surface area contributed by atoms with Gasteiger partial charge in [0.1, 0.15) is 5.82 Å². The molecule has 4 nitrogen and oxygen atoms in total. The molecule has 2 rings (SSSR count). The van der Waals surface area contributed by atoms with Gasteiger partial charge in [-0.15, -0.1) is 0 Å². The number of hydrogen-bond acceptors (Lipinski definition) is 3. The molecule has 1 amide bonds. The van der Waals surface area contributed by atoms with Crippen LogP contribution in [0.4, 0.5) is 30.7 Å². The maximum atomic E-state index is 13.4. The van der Waals surface area contributed by atoms with E-state index in [2.05, 4.69) is 5.32 Å². The quantitative estimate of drug-likeness (QED) is 0.635. The van der Waals surface area contributed by atoms with Crippen LogP contribution in [-0.4, -0.2) is 25.6 Å². The molecule has 0 bridgehead atoms. The van der Waals surface area contributed by atoms with Gasteiger partial charge in [0.2, 0.25) is 0 Å². The van der Waals surface area contributed by atoms with E-state index < -0.39 is 66.8 Å². The molecule has 0 aliphatic rings. The number of carbonyl (C=O) groups is 1. The van der Waals surface area contributed by atoms with Crippen LogP contribution in [0.25, 0.3) is 0 Å². The van der Waals surface area contributed by atoms with E-state index in [1.165, 1.54) is 0 Å². The summed E-state index contributed by atoms with van der Waals surface area (Å²) in [6.07, 6.45) is -9.82. The maximum absolute atomic E-state index is 13.4. The van der Waals surface area contributed by atoms with Crippen molar-refractivity contribution in [3.05, 3.63) is 65.0 Å². The van der Waals surface area contributed by atoms with Crippen LogP contribution in [0.5, 0.6) is 0 Å². The van der Waals surface area contributed by atoms with Crippen LogP contribution in [0.3, 0.4) is 0 Å². The third kappa shape index (κ3) is 5.35. The van der Waals surface area contributed by atoms with Crippen molar-refractivity contribution in [2.24, 2.45) is 0 Å². The minimum absolute atomic E-state index is 0.277. The van der Waals surface area contributed by atoms with Gasteiger partial charge in [0.05, 0.1) is 20.8 Å². The van der Waals surface area contributed by atoms with Gasteiger partial charge in [-0.25, -0.2) is 12.8 Å². The highest BCUT2D eigenvalue weighted by Gasteiger charge is 2.39. The van der Waals surface area contributed by atoms with E-state index in [0.717, 1.165) is 32.0 Å². The SMILES string of the molecule is CC(C)(CNC(=O)c1ccc(F)c(C(F)(F)F)c1)S(=O)(=O)c1cccc(C(F)(F)F)c1. The summed E-state index contributed by atoms with van der Waals surface area (Å²) in [6, 6.07) is 4.54. The average Bonchev–Trinajstić information content (AvgIpc) is 2.65. The molecule has 2 aromatic rings. The molecule has 0 saturated heterocycles. The predicted octanol–water partition coefficient (Wildman–Crippen LogP) is 4.85. The van der Waals surface area contributed by atoms with Gasteiger partial charge in [-0.3, -0.25) is 4.79 Å². The van der Waals surface area contributed by atoms with Crippen LogP contribution >= 0.6 is 0 Å². The molecule has 12 heteroatoms. The van der Waals surface area contributed by atoms with Gasteiger partial charge in [0.25, 0.3) is 5.91 Å². The van der Waals surface area contributed by atoms with Crippen molar-refractivity contribution in [3.8, 4) is 0 Å². The molecule has 0 aliphatic heterocycles. The summed E-state index contributed by atoms with van der Waals surface area (Å²) in [5, 5.41) is 2.13. The molecule has 0 fully saturated rings. The van der Waals surface area contributed by atoms with Crippen LogP contribution in [-0.2, 0) is 22.2 Å². The summed E-state index contributed by atoms with van der Waals surface area (Å²) >= 11 is 0. The van der Waals surface area contributed by atoms with E-state index in [1.807, 2.05) is 0 Å². The Morgan fingerprint density at radius 1 is 0.935 bits per heavy atom. The largest absolute Gasteiger partial charge is 0.419 e. The number of carbonyl (C=O) groups excluding carboxylic acids is 1. The third-order valence-corrected chi connectivity index (χ3v) is 6.88. The summed E-state index contributed by atoms with van der Waals surface area (Å²) in [5.41, 5.74) is -3.42. The fraction of sp³-hybridized carbons (Fsp3) is 0.316. The molecule has 0 saturated carbocycles. The highest BCUT2D eigenvalue weighted by Crippen LogP contribution is 2.34. The fourth-order valence-electron chi connectivity index (χ4n) is 2.53. The molecular weight excluding hydrogens is 455 g/mol. The molecular formula is C19H16F7NO3S. The predicted molar refractivity (Wildman–Crippen MR) is 96.4 cm³/mol. The zero-order valence-electron chi connectivity index (χ0n) is 16.0. The molecule has 0 aliphatic carbocycles. The first kappa shape index (κ1) is 24.6. The van der Waals surface area contributed by atoms with Crippen molar-refractivity contribution < 1.29 is 43.9 Å². The normalized spacial score (nSPS) is 13.2. The Morgan fingerprint density at radius 3 is 2.10 bits per heavy atom. The molecule has 0 aromatic heterocycles. The lowest BCUT2D eigenvalue weighted by Crippen LogP contribution is -2.44. The molecule has 0 radical (unpaired) electrons. The van der Waals surface area contributed by atoms with Crippen LogP contribution in [0.1, 0.15) is 35.3 Å². The number of sulfone groups is 1. The minimum Gasteiger partial charge on any atom is -0.350 e. The van der Waals surface area contributed by atoms with Gasteiger partial charge < -0.3 is 5.32 Å². The van der Waals surface area contributed by atoms with Crippen molar-refractivity contribution in [3.63, 3.8) is 0 Å². The first-order valence-corrected chi connectivity index (χ1v) is 10.0. The Morgan fingerprint density at radius 2 is 1.55 bits per heavy atom. The number of amides is 1. The first-order valence-electron chi connectivity index (χ1n) is 8.54. The van der Waals surface area contributed by atoms with E-state index in [4.69, 9.17) is 0 Å². The van der Waals surface area contributed by atoms with Crippen molar-refractivity contribution in [1.29, 1.82) is 0 Å². The van der Waals surface area contributed by atoms with E-state index in [9.17, 15) is 43.9 Å². The zero-order chi connectivity index (χ0) is 23.8. The number of rotatable bonds is 5. The van der Waals surface area contributed by atoms with Crippen LogP contribution in [0.15, 0.2) is 47.4 Å². The number of nitrogens with one attached hydrogen (secondary N) is 1. The molecule has 0 atom stereocenters. The topological polar surface area (TPSA) is 63.2 Å². The van der Waals surface area contributed by atoms with Crippen molar-refractivity contribution >= 4 is 15.7 Å². The number of benzene rings is 2. The Labute approximate surface area is 173 Å². The van der Waals surface area contributed by atoms with E-state index >= 15 is 0 Å². The van der Waals surface area contributed by atoms with Crippen molar-refractivity contribution in [2.45, 2.75) is 35.8 Å². The second-order valence-electron chi connectivity index (χ2n) is 7.16. The highest BCUT2D eigenvalue weighted by atomic mass is 32.2. The Kier molecular flexibility index (Phi) is 6.47. The molecule has 0 heterocycles. The Hall–Kier alpha value is -2.63. The summed E-state index contributed by atoms with van der Waals surface area (Å²) in [5.74, 6) is -2.70. The molecule has 170 valence electrons. The smallest absolute Gasteiger partial charge is 0.350 e. The van der Waals surface area contributed by atoms with Gasteiger partial charge in [-0.1, -0.05) is 6.07 Å². The summed E-state index contributed by atoms with van der Waals surface area (Å²) < 4.78 is 114. The van der Waals surface area contributed by atoms with E-state index in [1.54, 1.807) is 0 Å². The van der Waals surface area contributed by atoms with Gasteiger partial charge in [-0.05, 0) is 50.2 Å². The molecule has 31 heavy (non-hydrogen) atoms. The average molecular weight is 471 g/mol. The molecule has 1 N–H and O–H groups in total. The van der Waals surface area contributed by atoms with Crippen LogP contribution in [0.2, 0.25) is 0 Å². The lowest BCUT2D eigenvalue weighted by Gasteiger charge is -2.25. The number of alkyl halides is 6. The van der Waals surface area contributed by atoms with Crippen LogP contribution in [0, 0.1) is 5.82 Å². The van der Waals surface area contributed by atoms with Gasteiger partial charge in [0.15, 0.2) is 9.84 Å². The van der Waals surface area contributed by atoms with Gasteiger partial charge in [-0.2, -0.15) is 26.3 Å². The highest BCUT2D eigenvalue weighted by molar-refractivity contribution is 7.92. The molecule has 0 spiro atoms. The number of hydrogen-bond donors (Lipinski definition) is 1. The Bertz CT molecular complexity index is 1090. The fourth-order valence-corrected chi connectivity index (χ4v) is 3.97. The van der Waals surface area contributed by atoms with Crippen molar-refractivity contribution in [1.82, 2.24) is 5.32 Å². The lowest BCUT2D eigenvalue weighted by molar-refractivity contribution is -0.140. The molecule has 0 unspecified atom stereocenters. The Balaban J connectivity index is 2.26. The second kappa shape index (κ2) is 8.13. The van der Waals surface area contributed by atoms with Crippen LogP contribution < -0.4 is 5.32 Å². The summed E-state index contributed by atoms with van der Waals surface area (Å²) in [7, 11) is -4.39. The summed E-state index contributed by atoms with van der Waals surface area (Å²) in [4.78, 5) is 11.6. The third-order valence-electron chi connectivity index (χ3n) is 4.41. The zero-order valence-corrected chi connectivity index (χ0v) is 16.8. The van der Waals surface area contributed by atoms with Gasteiger partial charge in [0, 0.05) is 12.1 Å². The lowest BCUT2D eigenvalue weighted by atomic mass is 10.1. The monoisotopic (exact) mass is 471 g/mol. The summed E-state index contributed by atoms with van der Waals surface area (Å²) in [6.45, 7) is 1.63. The standard InChI is InChI=1S/C19H16F7NO3S/c1-17(2,31(29,30)13-5-3-4-12(9-13)18(21,22)23)10-27-16(28)11-6-7-15(20)14(8-11)19(24,25)26/h3-9H,10H2,1-2H3,(H,27,28). The maximum Gasteiger partial charge on any atom is 0.419 e. The van der Waals surface area contributed by atoms with Gasteiger partial charge >= 0.3 is 12.4 Å².